The number of benzene rings is 4. The van der Waals surface area contributed by atoms with Crippen molar-refractivity contribution in [3.8, 4) is 0 Å². The Balaban J connectivity index is 1.60. The van der Waals surface area contributed by atoms with Crippen molar-refractivity contribution in [3.63, 3.8) is 0 Å². The molecule has 2 aliphatic heterocycles. The lowest BCUT2D eigenvalue weighted by Gasteiger charge is -2.29. The Kier molecular flexibility index (Phi) is 2.75. The summed E-state index contributed by atoms with van der Waals surface area (Å²) in [6, 6.07) is 25.9. The van der Waals surface area contributed by atoms with Crippen LogP contribution in [0.15, 0.2) is 82.8 Å². The maximum Gasteiger partial charge on any atom is 0.102 e. The van der Waals surface area contributed by atoms with Crippen molar-refractivity contribution in [2.75, 3.05) is 0 Å². The monoisotopic (exact) mass is 332 g/mol. The second-order valence-electron chi connectivity index (χ2n) is 7.03. The standard InChI is InChI=1S/C24H16N2/c1-5-15-7-3-11-19-21(15)17(9-1)13-25-23(19)24-20-12-4-8-16-6-2-10-18(14-26-24)22(16)20/h1-14,23-24H/t23-,24-/m0/s1. The van der Waals surface area contributed by atoms with E-state index in [0.717, 1.165) is 0 Å². The third kappa shape index (κ3) is 1.81. The summed E-state index contributed by atoms with van der Waals surface area (Å²) in [7, 11) is 0. The molecule has 6 rings (SSSR count). The van der Waals surface area contributed by atoms with Crippen LogP contribution >= 0.6 is 0 Å². The first-order valence-electron chi connectivity index (χ1n) is 9.00. The lowest BCUT2D eigenvalue weighted by atomic mass is 9.84. The van der Waals surface area contributed by atoms with Crippen molar-refractivity contribution in [3.05, 3.63) is 95.1 Å². The summed E-state index contributed by atoms with van der Waals surface area (Å²) in [6.45, 7) is 0. The molecule has 0 unspecified atom stereocenters. The molecule has 122 valence electrons. The van der Waals surface area contributed by atoms with Gasteiger partial charge in [-0.15, -0.1) is 0 Å². The Hall–Kier alpha value is -3.26. The van der Waals surface area contributed by atoms with E-state index in [0.29, 0.717) is 0 Å². The van der Waals surface area contributed by atoms with Crippen LogP contribution in [0.2, 0.25) is 0 Å². The summed E-state index contributed by atoms with van der Waals surface area (Å²) in [4.78, 5) is 9.88. The zero-order valence-corrected chi connectivity index (χ0v) is 14.1. The van der Waals surface area contributed by atoms with Crippen molar-refractivity contribution in [2.24, 2.45) is 9.98 Å². The van der Waals surface area contributed by atoms with Crippen molar-refractivity contribution < 1.29 is 0 Å². The topological polar surface area (TPSA) is 24.7 Å². The van der Waals surface area contributed by atoms with Crippen LogP contribution in [0.25, 0.3) is 21.5 Å². The average Bonchev–Trinajstić information content (AvgIpc) is 2.70. The van der Waals surface area contributed by atoms with Crippen molar-refractivity contribution in [1.29, 1.82) is 0 Å². The van der Waals surface area contributed by atoms with E-state index in [4.69, 9.17) is 9.98 Å². The molecular formula is C24H16N2. The molecule has 26 heavy (non-hydrogen) atoms. The summed E-state index contributed by atoms with van der Waals surface area (Å²) < 4.78 is 0. The van der Waals surface area contributed by atoms with Crippen LogP contribution in [-0.2, 0) is 0 Å². The van der Waals surface area contributed by atoms with E-state index in [-0.39, 0.29) is 12.1 Å². The molecule has 2 atom stereocenters. The highest BCUT2D eigenvalue weighted by Crippen LogP contribution is 2.45. The molecule has 0 N–H and O–H groups in total. The van der Waals surface area contributed by atoms with Crippen LogP contribution in [0.3, 0.4) is 0 Å². The SMILES string of the molecule is C1=N[C@H]([C@H]2N=Cc3cccc4cccc2c34)c2cccc3cccc1c23. The van der Waals surface area contributed by atoms with E-state index in [1.807, 2.05) is 12.4 Å². The fourth-order valence-corrected chi connectivity index (χ4v) is 4.49. The maximum atomic E-state index is 4.94. The predicted octanol–water partition coefficient (Wildman–Crippen LogP) is 5.64. The summed E-state index contributed by atoms with van der Waals surface area (Å²) in [5, 5.41) is 5.18. The third-order valence-electron chi connectivity index (χ3n) is 5.62. The highest BCUT2D eigenvalue weighted by Gasteiger charge is 2.30. The molecule has 0 amide bonds. The molecule has 2 heterocycles. The van der Waals surface area contributed by atoms with Gasteiger partial charge in [-0.3, -0.25) is 9.98 Å². The number of aliphatic imine (C=N–C) groups is 2. The molecule has 0 fully saturated rings. The number of rotatable bonds is 1. The Morgan fingerprint density at radius 1 is 0.500 bits per heavy atom. The Labute approximate surface area is 151 Å². The fourth-order valence-electron chi connectivity index (χ4n) is 4.49. The first-order valence-corrected chi connectivity index (χ1v) is 9.00. The average molecular weight is 332 g/mol. The molecule has 0 bridgehead atoms. The van der Waals surface area contributed by atoms with Crippen LogP contribution in [0.1, 0.15) is 34.3 Å². The zero-order valence-electron chi connectivity index (χ0n) is 14.1. The van der Waals surface area contributed by atoms with Gasteiger partial charge in [-0.2, -0.15) is 0 Å². The maximum absolute atomic E-state index is 4.94. The van der Waals surface area contributed by atoms with Gasteiger partial charge in [0.1, 0.15) is 12.1 Å². The smallest absolute Gasteiger partial charge is 0.102 e. The highest BCUT2D eigenvalue weighted by atomic mass is 14.9. The normalized spacial score (nSPS) is 20.0. The van der Waals surface area contributed by atoms with E-state index in [1.54, 1.807) is 0 Å². The molecular weight excluding hydrogens is 316 g/mol. The number of hydrogen-bond acceptors (Lipinski definition) is 2. The van der Waals surface area contributed by atoms with Gasteiger partial charge in [0.05, 0.1) is 0 Å². The third-order valence-corrected chi connectivity index (χ3v) is 5.62. The van der Waals surface area contributed by atoms with Crippen LogP contribution in [0.4, 0.5) is 0 Å². The second-order valence-corrected chi connectivity index (χ2v) is 7.03. The van der Waals surface area contributed by atoms with Gasteiger partial charge < -0.3 is 0 Å². The van der Waals surface area contributed by atoms with E-state index in [2.05, 4.69) is 72.8 Å². The Morgan fingerprint density at radius 2 is 0.923 bits per heavy atom. The summed E-state index contributed by atoms with van der Waals surface area (Å²) in [5.41, 5.74) is 4.96. The first kappa shape index (κ1) is 14.0. The van der Waals surface area contributed by atoms with E-state index in [1.165, 1.54) is 43.8 Å². The summed E-state index contributed by atoms with van der Waals surface area (Å²) in [5.74, 6) is 0. The number of hydrogen-bond donors (Lipinski definition) is 0. The lowest BCUT2D eigenvalue weighted by Crippen LogP contribution is -2.15. The summed E-state index contributed by atoms with van der Waals surface area (Å²) >= 11 is 0. The fraction of sp³-hybridized carbons (Fsp3) is 0.0833. The van der Waals surface area contributed by atoms with Crippen molar-refractivity contribution >= 4 is 34.0 Å². The molecule has 2 aliphatic rings. The minimum Gasteiger partial charge on any atom is -0.282 e. The minimum absolute atomic E-state index is 0.0174. The van der Waals surface area contributed by atoms with E-state index >= 15 is 0 Å². The molecule has 0 aliphatic carbocycles. The van der Waals surface area contributed by atoms with Gasteiger partial charge in [0.25, 0.3) is 0 Å². The quantitative estimate of drug-likeness (QED) is 0.431. The lowest BCUT2D eigenvalue weighted by molar-refractivity contribution is 0.586. The van der Waals surface area contributed by atoms with Crippen LogP contribution < -0.4 is 0 Å². The second kappa shape index (κ2) is 5.12. The molecule has 2 heteroatoms. The summed E-state index contributed by atoms with van der Waals surface area (Å²) in [6.07, 6.45) is 4.05. The molecule has 0 spiro atoms. The molecule has 4 aromatic carbocycles. The largest absolute Gasteiger partial charge is 0.282 e. The van der Waals surface area contributed by atoms with Gasteiger partial charge in [0.15, 0.2) is 0 Å². The minimum atomic E-state index is 0.0174. The number of nitrogens with zero attached hydrogens (tertiary/aromatic N) is 2. The Bertz CT molecular complexity index is 1140. The van der Waals surface area contributed by atoms with Crippen LogP contribution in [0.5, 0.6) is 0 Å². The molecule has 4 aromatic rings. The molecule has 2 nitrogen and oxygen atoms in total. The van der Waals surface area contributed by atoms with Gasteiger partial charge in [-0.1, -0.05) is 72.8 Å². The van der Waals surface area contributed by atoms with Crippen molar-refractivity contribution in [2.45, 2.75) is 12.1 Å². The van der Waals surface area contributed by atoms with Gasteiger partial charge in [0.2, 0.25) is 0 Å². The van der Waals surface area contributed by atoms with Gasteiger partial charge >= 0.3 is 0 Å². The van der Waals surface area contributed by atoms with E-state index in [9.17, 15) is 0 Å². The zero-order chi connectivity index (χ0) is 17.1. The van der Waals surface area contributed by atoms with Crippen molar-refractivity contribution in [1.82, 2.24) is 0 Å². The van der Waals surface area contributed by atoms with Crippen LogP contribution in [-0.4, -0.2) is 12.4 Å². The molecule has 0 saturated heterocycles. The molecule has 0 aromatic heterocycles. The first-order chi connectivity index (χ1) is 12.9. The van der Waals surface area contributed by atoms with Gasteiger partial charge in [0, 0.05) is 23.6 Å². The van der Waals surface area contributed by atoms with Gasteiger partial charge in [-0.05, 0) is 32.7 Å². The highest BCUT2D eigenvalue weighted by molar-refractivity contribution is 6.05. The van der Waals surface area contributed by atoms with Crippen LogP contribution in [0, 0.1) is 0 Å². The Morgan fingerprint density at radius 3 is 1.38 bits per heavy atom. The predicted molar refractivity (Wildman–Crippen MR) is 109 cm³/mol. The van der Waals surface area contributed by atoms with Gasteiger partial charge in [-0.25, -0.2) is 0 Å². The molecule has 0 radical (unpaired) electrons. The molecule has 0 saturated carbocycles. The van der Waals surface area contributed by atoms with E-state index < -0.39 is 0 Å².